The van der Waals surface area contributed by atoms with E-state index in [1.807, 2.05) is 0 Å². The Kier molecular flexibility index (Phi) is 3.47. The summed E-state index contributed by atoms with van der Waals surface area (Å²) in [6.07, 6.45) is 4.30. The van der Waals surface area contributed by atoms with Gasteiger partial charge in [-0.15, -0.1) is 0 Å². The highest BCUT2D eigenvalue weighted by Crippen LogP contribution is 1.92. The Morgan fingerprint density at radius 2 is 2.10 bits per heavy atom. The summed E-state index contributed by atoms with van der Waals surface area (Å²) >= 11 is 0. The normalized spacial score (nSPS) is 22.1. The second-order valence-corrected chi connectivity index (χ2v) is 2.54. The second kappa shape index (κ2) is 4.47. The molecule has 0 saturated carbocycles. The summed E-state index contributed by atoms with van der Waals surface area (Å²) in [5.41, 5.74) is 0. The van der Waals surface area contributed by atoms with Gasteiger partial charge in [0.2, 0.25) is 0 Å². The molecular formula is C8H15N2. The van der Waals surface area contributed by atoms with Crippen molar-refractivity contribution < 1.29 is 0 Å². The van der Waals surface area contributed by atoms with Crippen molar-refractivity contribution in [2.75, 3.05) is 32.7 Å². The van der Waals surface area contributed by atoms with Gasteiger partial charge in [0.15, 0.2) is 0 Å². The molecule has 1 saturated heterocycles. The Bertz CT molecular complexity index is 104. The van der Waals surface area contributed by atoms with Crippen molar-refractivity contribution in [1.82, 2.24) is 10.2 Å². The maximum atomic E-state index is 4.27. The van der Waals surface area contributed by atoms with Crippen molar-refractivity contribution in [2.24, 2.45) is 0 Å². The Morgan fingerprint density at radius 3 is 2.70 bits per heavy atom. The van der Waals surface area contributed by atoms with Crippen molar-refractivity contribution in [2.45, 2.75) is 6.92 Å². The third kappa shape index (κ3) is 2.50. The summed E-state index contributed by atoms with van der Waals surface area (Å²) in [7, 11) is 0. The highest BCUT2D eigenvalue weighted by molar-refractivity contribution is 4.82. The zero-order chi connectivity index (χ0) is 7.23. The molecule has 1 aliphatic heterocycles. The van der Waals surface area contributed by atoms with E-state index in [1.165, 1.54) is 0 Å². The van der Waals surface area contributed by atoms with Crippen LogP contribution in [0, 0.1) is 0 Å². The lowest BCUT2D eigenvalue weighted by molar-refractivity contribution is 0.262. The van der Waals surface area contributed by atoms with Crippen molar-refractivity contribution in [3.05, 3.63) is 12.2 Å². The molecule has 0 aromatic carbocycles. The molecule has 2 heteroatoms. The largest absolute Gasteiger partial charge is 0.297 e. The van der Waals surface area contributed by atoms with Crippen LogP contribution < -0.4 is 5.32 Å². The van der Waals surface area contributed by atoms with Gasteiger partial charge in [0.05, 0.1) is 0 Å². The maximum Gasteiger partial charge on any atom is 0.0261 e. The molecule has 10 heavy (non-hydrogen) atoms. The van der Waals surface area contributed by atoms with E-state index in [-0.39, 0.29) is 0 Å². The molecule has 0 aromatic rings. The van der Waals surface area contributed by atoms with Gasteiger partial charge in [-0.2, -0.15) is 0 Å². The number of hydrogen-bond acceptors (Lipinski definition) is 1. The first-order chi connectivity index (χ1) is 4.93. The number of rotatable bonds is 2. The quantitative estimate of drug-likeness (QED) is 0.509. The summed E-state index contributed by atoms with van der Waals surface area (Å²) in [5, 5.41) is 4.27. The number of piperazine rings is 1. The van der Waals surface area contributed by atoms with E-state index in [0.29, 0.717) is 0 Å². The van der Waals surface area contributed by atoms with E-state index in [2.05, 4.69) is 29.3 Å². The highest BCUT2D eigenvalue weighted by atomic mass is 15.2. The molecule has 0 amide bonds. The van der Waals surface area contributed by atoms with Crippen LogP contribution in [0.4, 0.5) is 0 Å². The van der Waals surface area contributed by atoms with E-state index < -0.39 is 0 Å². The fourth-order valence-electron chi connectivity index (χ4n) is 1.08. The third-order valence-electron chi connectivity index (χ3n) is 1.75. The van der Waals surface area contributed by atoms with Gasteiger partial charge in [0, 0.05) is 32.7 Å². The van der Waals surface area contributed by atoms with Crippen LogP contribution in [-0.2, 0) is 0 Å². The molecule has 57 valence electrons. The molecular weight excluding hydrogens is 124 g/mol. The van der Waals surface area contributed by atoms with E-state index in [1.54, 1.807) is 0 Å². The van der Waals surface area contributed by atoms with Crippen LogP contribution in [0.1, 0.15) is 6.92 Å². The standard InChI is InChI=1S/C8H15N2/c1-2-3-6-10-7-4-9-5-8-10/h2-3H,4-8H2,1H3/b3-2+. The molecule has 0 bridgehead atoms. The van der Waals surface area contributed by atoms with Gasteiger partial charge in [-0.1, -0.05) is 12.2 Å². The minimum atomic E-state index is 1.03. The summed E-state index contributed by atoms with van der Waals surface area (Å²) in [5.74, 6) is 0. The Balaban J connectivity index is 2.13. The predicted octanol–water partition coefficient (Wildman–Crippen LogP) is 0.482. The average molecular weight is 139 g/mol. The van der Waals surface area contributed by atoms with E-state index in [4.69, 9.17) is 0 Å². The fourth-order valence-corrected chi connectivity index (χ4v) is 1.08. The van der Waals surface area contributed by atoms with Gasteiger partial charge < -0.3 is 0 Å². The first kappa shape index (κ1) is 7.76. The van der Waals surface area contributed by atoms with Crippen LogP contribution in [0.25, 0.3) is 0 Å². The molecule has 0 atom stereocenters. The lowest BCUT2D eigenvalue weighted by Crippen LogP contribution is -2.40. The lowest BCUT2D eigenvalue weighted by Gasteiger charge is -2.24. The minimum absolute atomic E-state index is 1.03. The summed E-state index contributed by atoms with van der Waals surface area (Å²) in [6.45, 7) is 7.50. The van der Waals surface area contributed by atoms with Crippen LogP contribution in [0.15, 0.2) is 12.2 Å². The average Bonchev–Trinajstić information content (AvgIpc) is 2.03. The molecule has 1 rings (SSSR count). The van der Waals surface area contributed by atoms with Crippen LogP contribution in [-0.4, -0.2) is 37.6 Å². The molecule has 1 aliphatic rings. The van der Waals surface area contributed by atoms with Crippen molar-refractivity contribution >= 4 is 0 Å². The lowest BCUT2D eigenvalue weighted by atomic mass is 10.3. The minimum Gasteiger partial charge on any atom is -0.297 e. The fraction of sp³-hybridized carbons (Fsp3) is 0.750. The molecule has 0 N–H and O–H groups in total. The maximum absolute atomic E-state index is 4.27. The number of hydrogen-bond donors (Lipinski definition) is 0. The Morgan fingerprint density at radius 1 is 1.40 bits per heavy atom. The van der Waals surface area contributed by atoms with Crippen molar-refractivity contribution in [1.29, 1.82) is 0 Å². The van der Waals surface area contributed by atoms with Crippen LogP contribution in [0.2, 0.25) is 0 Å². The molecule has 2 nitrogen and oxygen atoms in total. The van der Waals surface area contributed by atoms with Gasteiger partial charge in [-0.25, -0.2) is 5.32 Å². The zero-order valence-corrected chi connectivity index (χ0v) is 6.58. The van der Waals surface area contributed by atoms with Crippen LogP contribution >= 0.6 is 0 Å². The Hall–Kier alpha value is -0.340. The molecule has 0 aromatic heterocycles. The van der Waals surface area contributed by atoms with E-state index >= 15 is 0 Å². The predicted molar refractivity (Wildman–Crippen MR) is 43.1 cm³/mol. The van der Waals surface area contributed by atoms with Gasteiger partial charge >= 0.3 is 0 Å². The highest BCUT2D eigenvalue weighted by Gasteiger charge is 2.06. The van der Waals surface area contributed by atoms with Crippen molar-refractivity contribution in [3.8, 4) is 0 Å². The summed E-state index contributed by atoms with van der Waals surface area (Å²) in [6, 6.07) is 0. The van der Waals surface area contributed by atoms with Gasteiger partial charge in [-0.3, -0.25) is 4.90 Å². The van der Waals surface area contributed by atoms with Crippen molar-refractivity contribution in [3.63, 3.8) is 0 Å². The zero-order valence-electron chi connectivity index (χ0n) is 6.58. The first-order valence-corrected chi connectivity index (χ1v) is 3.90. The smallest absolute Gasteiger partial charge is 0.0261 e. The molecule has 1 radical (unpaired) electrons. The molecule has 1 heterocycles. The molecule has 1 fully saturated rings. The molecule has 0 spiro atoms. The second-order valence-electron chi connectivity index (χ2n) is 2.54. The monoisotopic (exact) mass is 139 g/mol. The van der Waals surface area contributed by atoms with Crippen LogP contribution in [0.5, 0.6) is 0 Å². The number of allylic oxidation sites excluding steroid dienone is 1. The van der Waals surface area contributed by atoms with E-state index in [9.17, 15) is 0 Å². The van der Waals surface area contributed by atoms with Gasteiger partial charge in [-0.05, 0) is 6.92 Å². The van der Waals surface area contributed by atoms with E-state index in [0.717, 1.165) is 32.7 Å². The summed E-state index contributed by atoms with van der Waals surface area (Å²) < 4.78 is 0. The van der Waals surface area contributed by atoms with Crippen LogP contribution in [0.3, 0.4) is 0 Å². The number of nitrogens with zero attached hydrogens (tertiary/aromatic N) is 2. The SMILES string of the molecule is C/C=C/CN1CC[N]CC1. The summed E-state index contributed by atoms with van der Waals surface area (Å²) in [4.78, 5) is 2.42. The topological polar surface area (TPSA) is 17.3 Å². The molecule has 0 aliphatic carbocycles. The Labute approximate surface area is 62.9 Å². The van der Waals surface area contributed by atoms with Gasteiger partial charge in [0.25, 0.3) is 0 Å². The molecule has 0 unspecified atom stereocenters. The third-order valence-corrected chi connectivity index (χ3v) is 1.75. The van der Waals surface area contributed by atoms with Gasteiger partial charge in [0.1, 0.15) is 0 Å². The first-order valence-electron chi connectivity index (χ1n) is 3.90.